The zero-order valence-corrected chi connectivity index (χ0v) is 42.3. The number of allylic oxidation sites excluding steroid dienone is 3. The van der Waals surface area contributed by atoms with Gasteiger partial charge >= 0.3 is 11.8 Å². The number of ketones is 3. The van der Waals surface area contributed by atoms with E-state index in [9.17, 15) is 24.3 Å². The summed E-state index contributed by atoms with van der Waals surface area (Å²) in [7, 11) is 1.52. The third-order valence-electron chi connectivity index (χ3n) is 23.9. The summed E-state index contributed by atoms with van der Waals surface area (Å²) in [6, 6.07) is 2.03. The van der Waals surface area contributed by atoms with Crippen molar-refractivity contribution in [1.29, 1.82) is 0 Å². The number of Topliss-reactive ketones (excluding diaryl/α,β-unsaturated/α-hetero) is 1. The number of benzene rings is 1. The maximum atomic E-state index is 14.8. The molecule has 1 aliphatic heterocycles. The second kappa shape index (κ2) is 13.0. The summed E-state index contributed by atoms with van der Waals surface area (Å²) in [6.07, 6.45) is 18.6. The van der Waals surface area contributed by atoms with E-state index < -0.39 is 28.0 Å². The van der Waals surface area contributed by atoms with E-state index >= 15 is 0 Å². The maximum Gasteiger partial charge on any atom is 0.317 e. The third kappa shape index (κ3) is 4.97. The molecule has 356 valence electrons. The van der Waals surface area contributed by atoms with Gasteiger partial charge in [-0.25, -0.2) is 0 Å². The molecule has 0 aromatic heterocycles. The molecule has 1 aromatic carbocycles. The Balaban J connectivity index is 0.966. The van der Waals surface area contributed by atoms with Crippen LogP contribution in [0.25, 0.3) is 0 Å². The summed E-state index contributed by atoms with van der Waals surface area (Å²) in [6.45, 7) is 27.3. The van der Waals surface area contributed by atoms with E-state index in [0.717, 1.165) is 100 Å². The second-order valence-electron chi connectivity index (χ2n) is 26.7. The Morgan fingerprint density at radius 2 is 1.39 bits per heavy atom. The van der Waals surface area contributed by atoms with Crippen LogP contribution in [0.4, 0.5) is 0 Å². The van der Waals surface area contributed by atoms with Crippen molar-refractivity contribution in [2.24, 2.45) is 67.0 Å². The Morgan fingerprint density at radius 3 is 2.11 bits per heavy atom. The van der Waals surface area contributed by atoms with Crippen molar-refractivity contribution in [3.05, 3.63) is 57.7 Å². The Labute approximate surface area is 393 Å². The highest BCUT2D eigenvalue weighted by atomic mass is 16.7. The normalized spacial score (nSPS) is 50.8. The zero-order valence-electron chi connectivity index (χ0n) is 42.3. The monoisotopic (exact) mass is 901 g/mol. The first kappa shape index (κ1) is 45.0. The number of hydrogen-bond acceptors (Lipinski definition) is 8. The number of aliphatic hydroxyl groups is 1. The lowest BCUT2D eigenvalue weighted by atomic mass is 9.32. The molecule has 8 nitrogen and oxygen atoms in total. The molecule has 6 fully saturated rings. The van der Waals surface area contributed by atoms with Gasteiger partial charge in [0.25, 0.3) is 0 Å². The van der Waals surface area contributed by atoms with Gasteiger partial charge in [-0.1, -0.05) is 68.4 Å². The molecule has 15 atom stereocenters. The van der Waals surface area contributed by atoms with Crippen molar-refractivity contribution in [1.82, 2.24) is 0 Å². The smallest absolute Gasteiger partial charge is 0.317 e. The molecule has 8 heteroatoms. The maximum absolute atomic E-state index is 14.8. The van der Waals surface area contributed by atoms with Gasteiger partial charge in [-0.05, 0) is 195 Å². The largest absolute Gasteiger partial charge is 0.471 e. The average molecular weight is 901 g/mol. The minimum absolute atomic E-state index is 0.0330. The zero-order chi connectivity index (χ0) is 47.6. The minimum atomic E-state index is -2.34. The SMILES string of the molecule is COC(=O)[C@]1(C)CC[C@]2(C)CC[C@]3(C)[C@@H]4CC=C5C(=CC(=O)[C@@]6(O)Oc7c(cc8c(c7C)C(=O)C=C7[C@@]8(C)CC[C@@]8(C)[C@@H]9C[C@@H](C)C(=O)C[C@]9(C)CC[C@]78C)O[C@@]56C)[C@]4(C)CC[C@@]3(C)[C@@H]2C1. The van der Waals surface area contributed by atoms with Gasteiger partial charge < -0.3 is 19.3 Å². The van der Waals surface area contributed by atoms with Crippen molar-refractivity contribution >= 4 is 23.3 Å². The molecule has 0 radical (unpaired) electrons. The fraction of sp³-hybridized carbons (Fsp3) is 0.724. The summed E-state index contributed by atoms with van der Waals surface area (Å²) in [4.78, 5) is 56.0. The van der Waals surface area contributed by atoms with E-state index in [1.54, 1.807) is 6.08 Å². The van der Waals surface area contributed by atoms with Crippen LogP contribution in [-0.2, 0) is 24.5 Å². The van der Waals surface area contributed by atoms with Crippen LogP contribution in [0.1, 0.15) is 188 Å². The molecule has 0 amide bonds. The molecule has 0 saturated heterocycles. The molecular formula is C58H76O8. The first-order valence-electron chi connectivity index (χ1n) is 25.7. The first-order valence-corrected chi connectivity index (χ1v) is 25.7. The molecule has 1 N–H and O–H groups in total. The van der Waals surface area contributed by atoms with Gasteiger partial charge in [0.1, 0.15) is 5.78 Å². The summed E-state index contributed by atoms with van der Waals surface area (Å²) in [5.74, 6) is -0.906. The van der Waals surface area contributed by atoms with Crippen molar-refractivity contribution < 1.29 is 38.5 Å². The van der Waals surface area contributed by atoms with E-state index in [4.69, 9.17) is 14.2 Å². The first-order chi connectivity index (χ1) is 30.6. The van der Waals surface area contributed by atoms with Gasteiger partial charge in [-0.15, -0.1) is 0 Å². The van der Waals surface area contributed by atoms with E-state index in [-0.39, 0.29) is 67.2 Å². The summed E-state index contributed by atoms with van der Waals surface area (Å²) in [5.41, 5.74) is 1.88. The topological polar surface area (TPSA) is 116 Å². The molecule has 1 aromatic rings. The van der Waals surface area contributed by atoms with Crippen LogP contribution in [0, 0.1) is 73.9 Å². The van der Waals surface area contributed by atoms with Crippen LogP contribution in [0.3, 0.4) is 0 Å². The van der Waals surface area contributed by atoms with Gasteiger partial charge in [0.05, 0.1) is 12.5 Å². The fourth-order valence-electron chi connectivity index (χ4n) is 19.0. The number of methoxy groups -OCH3 is 1. The van der Waals surface area contributed by atoms with Gasteiger partial charge in [-0.3, -0.25) is 19.2 Å². The lowest BCUT2D eigenvalue weighted by molar-refractivity contribution is -0.236. The molecular weight excluding hydrogens is 825 g/mol. The van der Waals surface area contributed by atoms with Crippen LogP contribution in [-0.4, -0.2) is 46.9 Å². The molecule has 0 spiro atoms. The van der Waals surface area contributed by atoms with Gasteiger partial charge in [0.15, 0.2) is 17.3 Å². The molecule has 6 saturated carbocycles. The Hall–Kier alpha value is -3.52. The van der Waals surface area contributed by atoms with Crippen LogP contribution in [0.15, 0.2) is 41.0 Å². The molecule has 10 aliphatic rings. The van der Waals surface area contributed by atoms with Crippen molar-refractivity contribution in [3.8, 4) is 11.5 Å². The standard InChI is InChI=1S/C58H76O8/c1-32-26-41-49(4,30-38(32)60)19-23-55(10)42-29-37(59)45-33(2)46-39(27-36(45)52(42,7)21-24-54(41,55)9)65-57(12)34-14-15-40-51(6,35(34)28-44(61)58(57,63)66-46)20-25-56(11)43-31-50(5,47(62)64-13)17-16-48(43,3)18-22-53(40,56)8/h14,27-29,32,40-41,43,63H,15-26,30-31H2,1-13H3/t32-,40-,41-,43-,48-,49+,50-,51+,52+,53-,54+,55-,56+,57+,58-/m1/s1. The van der Waals surface area contributed by atoms with Crippen LogP contribution >= 0.6 is 0 Å². The Kier molecular flexibility index (Phi) is 8.86. The summed E-state index contributed by atoms with van der Waals surface area (Å²) in [5, 5.41) is 12.8. The predicted octanol–water partition coefficient (Wildman–Crippen LogP) is 11.9. The number of carbonyl (C=O) groups excluding carboxylic acids is 4. The van der Waals surface area contributed by atoms with Crippen molar-refractivity contribution in [3.63, 3.8) is 0 Å². The van der Waals surface area contributed by atoms with E-state index in [1.165, 1.54) is 12.7 Å². The van der Waals surface area contributed by atoms with E-state index in [0.29, 0.717) is 40.9 Å². The second-order valence-corrected chi connectivity index (χ2v) is 26.7. The predicted molar refractivity (Wildman–Crippen MR) is 253 cm³/mol. The van der Waals surface area contributed by atoms with Crippen LogP contribution < -0.4 is 9.47 Å². The Morgan fingerprint density at radius 1 is 0.742 bits per heavy atom. The lowest BCUT2D eigenvalue weighted by Crippen LogP contribution is -2.71. The molecule has 11 rings (SSSR count). The summed E-state index contributed by atoms with van der Waals surface area (Å²) < 4.78 is 19.3. The average Bonchev–Trinajstić information content (AvgIpc) is 3.25. The van der Waals surface area contributed by atoms with E-state index in [2.05, 4.69) is 75.3 Å². The minimum Gasteiger partial charge on any atom is -0.471 e. The number of esters is 1. The molecule has 66 heavy (non-hydrogen) atoms. The third-order valence-corrected chi connectivity index (χ3v) is 23.9. The quantitative estimate of drug-likeness (QED) is 0.277. The molecule has 1 heterocycles. The molecule has 0 bridgehead atoms. The van der Waals surface area contributed by atoms with Crippen molar-refractivity contribution in [2.45, 2.75) is 190 Å². The lowest BCUT2D eigenvalue weighted by Gasteiger charge is -2.72. The van der Waals surface area contributed by atoms with Gasteiger partial charge in [-0.2, -0.15) is 0 Å². The van der Waals surface area contributed by atoms with Crippen LogP contribution in [0.2, 0.25) is 0 Å². The Bertz CT molecular complexity index is 2570. The summed E-state index contributed by atoms with van der Waals surface area (Å²) >= 11 is 0. The number of ether oxygens (including phenoxy) is 3. The highest BCUT2D eigenvalue weighted by Crippen LogP contribution is 2.78. The van der Waals surface area contributed by atoms with Gasteiger partial charge in [0.2, 0.25) is 11.4 Å². The fourth-order valence-corrected chi connectivity index (χ4v) is 19.0. The highest BCUT2D eigenvalue weighted by molar-refractivity contribution is 6.10. The highest BCUT2D eigenvalue weighted by Gasteiger charge is 2.73. The number of fused-ring (bicyclic) bond motifs is 17. The number of carbonyl (C=O) groups is 4. The molecule has 9 aliphatic carbocycles. The number of rotatable bonds is 1. The van der Waals surface area contributed by atoms with Gasteiger partial charge in [0, 0.05) is 34.5 Å². The van der Waals surface area contributed by atoms with Crippen molar-refractivity contribution in [2.75, 3.05) is 7.11 Å². The molecule has 0 unspecified atom stereocenters. The van der Waals surface area contributed by atoms with E-state index in [1.807, 2.05) is 26.0 Å². The number of hydrogen-bond donors (Lipinski definition) is 1. The van der Waals surface area contributed by atoms with Crippen LogP contribution in [0.5, 0.6) is 11.5 Å².